The van der Waals surface area contributed by atoms with Gasteiger partial charge in [0.2, 0.25) is 0 Å². The molecule has 2 N–H and O–H groups in total. The van der Waals surface area contributed by atoms with E-state index in [1.807, 2.05) is 0 Å². The van der Waals surface area contributed by atoms with Crippen LogP contribution in [0.5, 0.6) is 0 Å². The van der Waals surface area contributed by atoms with Crippen LogP contribution in [0, 0.1) is 0 Å². The summed E-state index contributed by atoms with van der Waals surface area (Å²) in [4.78, 5) is 2.46. The fraction of sp³-hybridized carbons (Fsp3) is 1.00. The van der Waals surface area contributed by atoms with Crippen molar-refractivity contribution in [3.05, 3.63) is 0 Å². The van der Waals surface area contributed by atoms with E-state index < -0.39 is 0 Å². The second kappa shape index (κ2) is 6.38. The summed E-state index contributed by atoms with van der Waals surface area (Å²) in [6.07, 6.45) is 3.66. The first-order valence-electron chi connectivity index (χ1n) is 5.87. The summed E-state index contributed by atoms with van der Waals surface area (Å²) < 4.78 is 0. The fourth-order valence-electron chi connectivity index (χ4n) is 2.14. The van der Waals surface area contributed by atoms with E-state index in [9.17, 15) is 5.11 Å². The number of hydrogen-bond acceptors (Lipinski definition) is 3. The third kappa shape index (κ3) is 3.23. The lowest BCUT2D eigenvalue weighted by Crippen LogP contribution is -2.46. The smallest absolute Gasteiger partial charge is 0.0599 e. The van der Waals surface area contributed by atoms with Gasteiger partial charge in [-0.3, -0.25) is 4.90 Å². The second-order valence-corrected chi connectivity index (χ2v) is 4.27. The van der Waals surface area contributed by atoms with Gasteiger partial charge in [-0.2, -0.15) is 0 Å². The van der Waals surface area contributed by atoms with Crippen LogP contribution in [0.1, 0.15) is 33.1 Å². The molecular weight excluding hydrogens is 176 g/mol. The molecule has 1 aliphatic heterocycles. The van der Waals surface area contributed by atoms with Crippen LogP contribution in [0.25, 0.3) is 0 Å². The third-order valence-corrected chi connectivity index (χ3v) is 3.13. The molecule has 2 unspecified atom stereocenters. The summed E-state index contributed by atoms with van der Waals surface area (Å²) in [6.45, 7) is 7.91. The molecule has 3 heteroatoms. The molecule has 0 saturated carbocycles. The third-order valence-electron chi connectivity index (χ3n) is 3.13. The number of rotatable bonds is 4. The maximum Gasteiger partial charge on any atom is 0.0599 e. The monoisotopic (exact) mass is 200 g/mol. The zero-order valence-corrected chi connectivity index (χ0v) is 9.50. The van der Waals surface area contributed by atoms with Crippen LogP contribution < -0.4 is 5.32 Å². The zero-order chi connectivity index (χ0) is 10.4. The molecule has 14 heavy (non-hydrogen) atoms. The van der Waals surface area contributed by atoms with Crippen molar-refractivity contribution < 1.29 is 5.11 Å². The normalized spacial score (nSPS) is 30.2. The number of nitrogens with one attached hydrogen (secondary N) is 1. The van der Waals surface area contributed by atoms with Gasteiger partial charge in [0.05, 0.1) is 6.61 Å². The van der Waals surface area contributed by atoms with Crippen molar-refractivity contribution in [2.24, 2.45) is 0 Å². The van der Waals surface area contributed by atoms with Gasteiger partial charge in [0.15, 0.2) is 0 Å². The van der Waals surface area contributed by atoms with Crippen molar-refractivity contribution in [2.75, 3.05) is 26.2 Å². The summed E-state index contributed by atoms with van der Waals surface area (Å²) in [6, 6.07) is 0.924. The highest BCUT2D eigenvalue weighted by Gasteiger charge is 2.24. The molecule has 0 spiro atoms. The Bertz CT molecular complexity index is 152. The van der Waals surface area contributed by atoms with E-state index in [1.54, 1.807) is 0 Å². The van der Waals surface area contributed by atoms with Gasteiger partial charge in [0.25, 0.3) is 0 Å². The lowest BCUT2D eigenvalue weighted by Gasteiger charge is -2.33. The predicted octanol–water partition coefficient (Wildman–Crippen LogP) is 0.831. The Hall–Kier alpha value is -0.120. The van der Waals surface area contributed by atoms with Crippen LogP contribution in [-0.2, 0) is 0 Å². The van der Waals surface area contributed by atoms with E-state index >= 15 is 0 Å². The molecule has 2 atom stereocenters. The van der Waals surface area contributed by atoms with Gasteiger partial charge in [0, 0.05) is 18.6 Å². The molecule has 0 amide bonds. The number of nitrogens with zero attached hydrogens (tertiary/aromatic N) is 1. The fourth-order valence-corrected chi connectivity index (χ4v) is 2.14. The van der Waals surface area contributed by atoms with Crippen LogP contribution >= 0.6 is 0 Å². The Morgan fingerprint density at radius 3 is 2.93 bits per heavy atom. The highest BCUT2D eigenvalue weighted by Crippen LogP contribution is 2.12. The van der Waals surface area contributed by atoms with E-state index in [4.69, 9.17) is 0 Å². The molecule has 3 nitrogen and oxygen atoms in total. The lowest BCUT2D eigenvalue weighted by molar-refractivity contribution is 0.0970. The zero-order valence-electron chi connectivity index (χ0n) is 9.50. The topological polar surface area (TPSA) is 35.5 Å². The van der Waals surface area contributed by atoms with Crippen molar-refractivity contribution in [1.29, 1.82) is 0 Å². The molecule has 0 aromatic carbocycles. The quantitative estimate of drug-likeness (QED) is 0.705. The van der Waals surface area contributed by atoms with Gasteiger partial charge in [0.1, 0.15) is 0 Å². The van der Waals surface area contributed by atoms with E-state index in [0.29, 0.717) is 12.1 Å². The first kappa shape index (κ1) is 12.0. The molecule has 0 aromatic heterocycles. The molecule has 84 valence electrons. The molecule has 0 aliphatic carbocycles. The van der Waals surface area contributed by atoms with E-state index in [2.05, 4.69) is 24.1 Å². The molecule has 1 fully saturated rings. The van der Waals surface area contributed by atoms with Gasteiger partial charge in [-0.25, -0.2) is 0 Å². The van der Waals surface area contributed by atoms with Gasteiger partial charge in [-0.05, 0) is 32.9 Å². The van der Waals surface area contributed by atoms with E-state index in [-0.39, 0.29) is 6.61 Å². The summed E-state index contributed by atoms with van der Waals surface area (Å²) in [5, 5.41) is 12.7. The SMILES string of the molecule is CCCCN1C(C)CCNCC1CO. The molecular formula is C11H24N2O. The molecule has 0 radical (unpaired) electrons. The van der Waals surface area contributed by atoms with Crippen LogP contribution in [0.3, 0.4) is 0 Å². The Labute approximate surface area is 87.5 Å². The highest BCUT2D eigenvalue weighted by atomic mass is 16.3. The molecule has 0 bridgehead atoms. The lowest BCUT2D eigenvalue weighted by atomic mass is 10.1. The standard InChI is InChI=1S/C11H24N2O/c1-3-4-7-13-10(2)5-6-12-8-11(13)9-14/h10-12,14H,3-9H2,1-2H3. The summed E-state index contributed by atoms with van der Waals surface area (Å²) in [5.74, 6) is 0. The molecule has 1 heterocycles. The van der Waals surface area contributed by atoms with Gasteiger partial charge < -0.3 is 10.4 Å². The van der Waals surface area contributed by atoms with Crippen LogP contribution in [0.2, 0.25) is 0 Å². The van der Waals surface area contributed by atoms with Crippen LogP contribution in [0.15, 0.2) is 0 Å². The van der Waals surface area contributed by atoms with Crippen molar-refractivity contribution >= 4 is 0 Å². The number of unbranched alkanes of at least 4 members (excludes halogenated alkanes) is 1. The van der Waals surface area contributed by atoms with Gasteiger partial charge in [-0.15, -0.1) is 0 Å². The highest BCUT2D eigenvalue weighted by molar-refractivity contribution is 4.81. The Balaban J connectivity index is 2.50. The number of aliphatic hydroxyl groups is 1. The number of hydrogen-bond donors (Lipinski definition) is 2. The minimum absolute atomic E-state index is 0.279. The van der Waals surface area contributed by atoms with Crippen LogP contribution in [-0.4, -0.2) is 48.3 Å². The van der Waals surface area contributed by atoms with Crippen molar-refractivity contribution in [3.63, 3.8) is 0 Å². The van der Waals surface area contributed by atoms with E-state index in [1.165, 1.54) is 19.3 Å². The summed E-state index contributed by atoms with van der Waals surface area (Å²) in [7, 11) is 0. The Morgan fingerprint density at radius 1 is 1.50 bits per heavy atom. The largest absolute Gasteiger partial charge is 0.395 e. The summed E-state index contributed by atoms with van der Waals surface area (Å²) >= 11 is 0. The maximum absolute atomic E-state index is 9.32. The average Bonchev–Trinajstić information content (AvgIpc) is 2.37. The molecule has 1 saturated heterocycles. The first-order chi connectivity index (χ1) is 6.79. The van der Waals surface area contributed by atoms with Crippen molar-refractivity contribution in [3.8, 4) is 0 Å². The van der Waals surface area contributed by atoms with E-state index in [0.717, 1.165) is 19.6 Å². The minimum atomic E-state index is 0.279. The summed E-state index contributed by atoms with van der Waals surface area (Å²) in [5.41, 5.74) is 0. The Morgan fingerprint density at radius 2 is 2.29 bits per heavy atom. The van der Waals surface area contributed by atoms with Gasteiger partial charge >= 0.3 is 0 Å². The first-order valence-corrected chi connectivity index (χ1v) is 5.87. The molecule has 1 aliphatic rings. The average molecular weight is 200 g/mol. The van der Waals surface area contributed by atoms with Crippen LogP contribution in [0.4, 0.5) is 0 Å². The van der Waals surface area contributed by atoms with Crippen molar-refractivity contribution in [2.45, 2.75) is 45.2 Å². The second-order valence-electron chi connectivity index (χ2n) is 4.27. The predicted molar refractivity (Wildman–Crippen MR) is 59.4 cm³/mol. The number of aliphatic hydroxyl groups excluding tert-OH is 1. The Kier molecular flexibility index (Phi) is 5.45. The minimum Gasteiger partial charge on any atom is -0.395 e. The van der Waals surface area contributed by atoms with Crippen molar-refractivity contribution in [1.82, 2.24) is 10.2 Å². The molecule has 0 aromatic rings. The van der Waals surface area contributed by atoms with Gasteiger partial charge in [-0.1, -0.05) is 13.3 Å². The maximum atomic E-state index is 9.32. The molecule has 1 rings (SSSR count).